The molecular formula is C20H26BrNOS. The summed E-state index contributed by atoms with van der Waals surface area (Å²) in [6.07, 6.45) is 2.65. The lowest BCUT2D eigenvalue weighted by molar-refractivity contribution is 0.299. The standard InChI is InChI=1S/C18H20BrNOS.C2H6/c19-11-14-6-8-18(9-7-14)22-20-12-16-2-1-3-17(10-16)21-13-15-4-5-15;1-2/h1-3,6-10,15,20H,4-5,11-13H2;1-2H3. The number of benzene rings is 2. The molecule has 0 aliphatic heterocycles. The van der Waals surface area contributed by atoms with Crippen LogP contribution < -0.4 is 9.46 Å². The van der Waals surface area contributed by atoms with Gasteiger partial charge in [-0.1, -0.05) is 54.0 Å². The average Bonchev–Trinajstić information content (AvgIpc) is 3.47. The van der Waals surface area contributed by atoms with E-state index in [2.05, 4.69) is 63.1 Å². The molecule has 130 valence electrons. The van der Waals surface area contributed by atoms with Gasteiger partial charge < -0.3 is 4.74 Å². The van der Waals surface area contributed by atoms with Crippen molar-refractivity contribution in [1.29, 1.82) is 0 Å². The molecule has 0 saturated heterocycles. The second-order valence-corrected chi connectivity index (χ2v) is 7.13. The van der Waals surface area contributed by atoms with Crippen LogP contribution in [0.2, 0.25) is 0 Å². The van der Waals surface area contributed by atoms with Gasteiger partial charge in [-0.25, -0.2) is 0 Å². The van der Waals surface area contributed by atoms with Crippen molar-refractivity contribution in [2.75, 3.05) is 6.61 Å². The molecule has 1 aliphatic rings. The first-order chi connectivity index (χ1) is 11.8. The zero-order chi connectivity index (χ0) is 17.2. The van der Waals surface area contributed by atoms with E-state index in [-0.39, 0.29) is 0 Å². The molecular weight excluding hydrogens is 382 g/mol. The van der Waals surface area contributed by atoms with Crippen molar-refractivity contribution in [3.63, 3.8) is 0 Å². The van der Waals surface area contributed by atoms with E-state index >= 15 is 0 Å². The fraction of sp³-hybridized carbons (Fsp3) is 0.400. The third-order valence-corrected chi connectivity index (χ3v) is 5.07. The molecule has 1 aliphatic carbocycles. The molecule has 1 saturated carbocycles. The van der Waals surface area contributed by atoms with E-state index < -0.39 is 0 Å². The van der Waals surface area contributed by atoms with Crippen LogP contribution in [-0.2, 0) is 11.9 Å². The minimum absolute atomic E-state index is 0.792. The third kappa shape index (κ3) is 6.88. The zero-order valence-electron chi connectivity index (χ0n) is 14.4. The topological polar surface area (TPSA) is 21.3 Å². The number of nitrogens with one attached hydrogen (secondary N) is 1. The summed E-state index contributed by atoms with van der Waals surface area (Å²) in [5.74, 6) is 1.78. The van der Waals surface area contributed by atoms with Crippen molar-refractivity contribution in [2.24, 2.45) is 5.92 Å². The number of ether oxygens (including phenoxy) is 1. The van der Waals surface area contributed by atoms with E-state index in [1.165, 1.54) is 28.9 Å². The van der Waals surface area contributed by atoms with Crippen molar-refractivity contribution in [1.82, 2.24) is 4.72 Å². The van der Waals surface area contributed by atoms with Crippen LogP contribution in [0.1, 0.15) is 37.8 Å². The van der Waals surface area contributed by atoms with E-state index in [1.54, 1.807) is 11.9 Å². The fourth-order valence-electron chi connectivity index (χ4n) is 2.09. The van der Waals surface area contributed by atoms with Gasteiger partial charge in [-0.05, 0) is 66.1 Å². The van der Waals surface area contributed by atoms with Crippen molar-refractivity contribution in [2.45, 2.75) is 43.5 Å². The lowest BCUT2D eigenvalue weighted by atomic mass is 10.2. The molecule has 0 spiro atoms. The number of hydrogen-bond donors (Lipinski definition) is 1. The zero-order valence-corrected chi connectivity index (χ0v) is 16.8. The lowest BCUT2D eigenvalue weighted by Gasteiger charge is -2.08. The summed E-state index contributed by atoms with van der Waals surface area (Å²) in [6, 6.07) is 16.9. The van der Waals surface area contributed by atoms with Crippen LogP contribution in [0.15, 0.2) is 53.4 Å². The smallest absolute Gasteiger partial charge is 0.119 e. The SMILES string of the molecule is BrCc1ccc(SNCc2cccc(OCC3CC3)c2)cc1.CC. The Bertz CT molecular complexity index is 599. The molecule has 2 nitrogen and oxygen atoms in total. The molecule has 0 radical (unpaired) electrons. The summed E-state index contributed by atoms with van der Waals surface area (Å²) in [6.45, 7) is 5.69. The molecule has 0 unspecified atom stereocenters. The summed E-state index contributed by atoms with van der Waals surface area (Å²) in [7, 11) is 0. The molecule has 4 heteroatoms. The van der Waals surface area contributed by atoms with Gasteiger partial charge >= 0.3 is 0 Å². The summed E-state index contributed by atoms with van der Waals surface area (Å²) >= 11 is 5.13. The highest BCUT2D eigenvalue weighted by Gasteiger charge is 2.21. The lowest BCUT2D eigenvalue weighted by Crippen LogP contribution is -2.04. The highest BCUT2D eigenvalue weighted by Crippen LogP contribution is 2.29. The number of alkyl halides is 1. The van der Waals surface area contributed by atoms with Crippen molar-refractivity contribution < 1.29 is 4.74 Å². The molecule has 0 amide bonds. The van der Waals surface area contributed by atoms with E-state index in [0.717, 1.165) is 30.1 Å². The molecule has 24 heavy (non-hydrogen) atoms. The van der Waals surface area contributed by atoms with Gasteiger partial charge in [0, 0.05) is 16.8 Å². The maximum absolute atomic E-state index is 5.82. The number of rotatable bonds is 8. The predicted octanol–water partition coefficient (Wildman–Crippen LogP) is 6.19. The monoisotopic (exact) mass is 407 g/mol. The van der Waals surface area contributed by atoms with Gasteiger partial charge in [0.1, 0.15) is 5.75 Å². The van der Waals surface area contributed by atoms with E-state index in [4.69, 9.17) is 4.74 Å². The Labute approximate surface area is 158 Å². The second-order valence-electron chi connectivity index (χ2n) is 5.60. The van der Waals surface area contributed by atoms with Crippen molar-refractivity contribution >= 4 is 27.9 Å². The second kappa shape index (κ2) is 10.8. The summed E-state index contributed by atoms with van der Waals surface area (Å²) in [5.41, 5.74) is 2.54. The highest BCUT2D eigenvalue weighted by molar-refractivity contribution is 9.08. The number of halogens is 1. The van der Waals surface area contributed by atoms with E-state index in [0.29, 0.717) is 0 Å². The van der Waals surface area contributed by atoms with E-state index in [1.807, 2.05) is 19.9 Å². The van der Waals surface area contributed by atoms with Crippen LogP contribution in [0.3, 0.4) is 0 Å². The van der Waals surface area contributed by atoms with Gasteiger partial charge in [-0.15, -0.1) is 0 Å². The molecule has 0 bridgehead atoms. The Morgan fingerprint density at radius 3 is 2.50 bits per heavy atom. The first-order valence-corrected chi connectivity index (χ1v) is 10.5. The minimum Gasteiger partial charge on any atom is -0.493 e. The van der Waals surface area contributed by atoms with Crippen molar-refractivity contribution in [3.8, 4) is 5.75 Å². The largest absolute Gasteiger partial charge is 0.493 e. The van der Waals surface area contributed by atoms with Gasteiger partial charge in [0.25, 0.3) is 0 Å². The third-order valence-electron chi connectivity index (χ3n) is 3.63. The Kier molecular flexibility index (Phi) is 8.71. The summed E-state index contributed by atoms with van der Waals surface area (Å²) < 4.78 is 9.23. The molecule has 0 atom stereocenters. The minimum atomic E-state index is 0.792. The van der Waals surface area contributed by atoms with Crippen LogP contribution in [0.4, 0.5) is 0 Å². The highest BCUT2D eigenvalue weighted by atomic mass is 79.9. The molecule has 0 heterocycles. The van der Waals surface area contributed by atoms with Gasteiger partial charge in [0.05, 0.1) is 6.61 Å². The normalized spacial score (nSPS) is 13.1. The van der Waals surface area contributed by atoms with Crippen molar-refractivity contribution in [3.05, 3.63) is 59.7 Å². The fourth-order valence-corrected chi connectivity index (χ4v) is 3.14. The van der Waals surface area contributed by atoms with Gasteiger partial charge in [-0.3, -0.25) is 4.72 Å². The van der Waals surface area contributed by atoms with Crippen LogP contribution in [0.25, 0.3) is 0 Å². The van der Waals surface area contributed by atoms with E-state index in [9.17, 15) is 0 Å². The summed E-state index contributed by atoms with van der Waals surface area (Å²) in [5, 5.41) is 0.902. The summed E-state index contributed by atoms with van der Waals surface area (Å²) in [4.78, 5) is 1.23. The molecule has 2 aromatic rings. The molecule has 1 N–H and O–H groups in total. The Hall–Kier alpha value is -0.970. The number of hydrogen-bond acceptors (Lipinski definition) is 3. The molecule has 2 aromatic carbocycles. The molecule has 0 aromatic heterocycles. The maximum Gasteiger partial charge on any atom is 0.119 e. The average molecular weight is 408 g/mol. The molecule has 3 rings (SSSR count). The Morgan fingerprint density at radius 2 is 1.83 bits per heavy atom. The Balaban J connectivity index is 0.00000100. The first-order valence-electron chi connectivity index (χ1n) is 8.60. The van der Waals surface area contributed by atoms with Crippen LogP contribution in [0.5, 0.6) is 5.75 Å². The molecule has 1 fully saturated rings. The van der Waals surface area contributed by atoms with Gasteiger partial charge in [-0.2, -0.15) is 0 Å². The quantitative estimate of drug-likeness (QED) is 0.416. The Morgan fingerprint density at radius 1 is 1.08 bits per heavy atom. The van der Waals surface area contributed by atoms with Crippen LogP contribution >= 0.6 is 27.9 Å². The van der Waals surface area contributed by atoms with Crippen LogP contribution in [0, 0.1) is 5.92 Å². The predicted molar refractivity (Wildman–Crippen MR) is 108 cm³/mol. The van der Waals surface area contributed by atoms with Gasteiger partial charge in [0.2, 0.25) is 0 Å². The van der Waals surface area contributed by atoms with Crippen LogP contribution in [-0.4, -0.2) is 6.61 Å². The first kappa shape index (κ1) is 19.4. The van der Waals surface area contributed by atoms with Gasteiger partial charge in [0.15, 0.2) is 0 Å². The maximum atomic E-state index is 5.82.